The number of fused-ring (bicyclic) bond motifs is 12. The van der Waals surface area contributed by atoms with Gasteiger partial charge in [0.2, 0.25) is 0 Å². The Kier molecular flexibility index (Phi) is 6.55. The average Bonchev–Trinajstić information content (AvgIpc) is 3.64. The van der Waals surface area contributed by atoms with Gasteiger partial charge >= 0.3 is 0 Å². The first kappa shape index (κ1) is 30.9. The number of anilines is 3. The molecule has 0 saturated carbocycles. The molecule has 0 bridgehead atoms. The van der Waals surface area contributed by atoms with E-state index in [1.807, 2.05) is 0 Å². The molecule has 0 aromatic heterocycles. The standard InChI is InChI=1S/C52H37NO/c1-51(2)43-23-11-9-20-39(43)41-30-28-36(32-46(41)51)53(35-18-7-4-8-19-35)37-29-31-42-40-21-10-12-24-44(40)52(47(42)33-37)45-25-13-14-26-48(45)54-49-27-15-22-38(50(49)52)34-16-5-3-6-17-34/h3-33H,1-2H3. The molecule has 2 nitrogen and oxygen atoms in total. The summed E-state index contributed by atoms with van der Waals surface area (Å²) in [5.41, 5.74) is 17.8. The minimum atomic E-state index is -0.623. The van der Waals surface area contributed by atoms with E-state index in [9.17, 15) is 0 Å². The van der Waals surface area contributed by atoms with E-state index in [2.05, 4.69) is 207 Å². The molecule has 1 heterocycles. The SMILES string of the molecule is CC1(C)c2ccccc2-c2ccc(N(c3ccccc3)c3ccc4c(c3)C3(c5ccccc5Oc5cccc(-c6ccccc6)c53)c3ccccc3-4)cc21. The molecule has 2 aliphatic carbocycles. The maximum Gasteiger partial charge on any atom is 0.132 e. The largest absolute Gasteiger partial charge is 0.457 e. The van der Waals surface area contributed by atoms with Crippen LogP contribution in [0.15, 0.2) is 188 Å². The normalized spacial score (nSPS) is 16.3. The van der Waals surface area contributed by atoms with E-state index in [-0.39, 0.29) is 5.41 Å². The van der Waals surface area contributed by atoms with Gasteiger partial charge in [0, 0.05) is 33.6 Å². The lowest BCUT2D eigenvalue weighted by Crippen LogP contribution is -2.33. The van der Waals surface area contributed by atoms with E-state index in [0.29, 0.717) is 0 Å². The first-order chi connectivity index (χ1) is 26.5. The summed E-state index contributed by atoms with van der Waals surface area (Å²) in [6.07, 6.45) is 0. The molecular weight excluding hydrogens is 655 g/mol. The number of hydrogen-bond acceptors (Lipinski definition) is 2. The van der Waals surface area contributed by atoms with E-state index in [1.54, 1.807) is 0 Å². The van der Waals surface area contributed by atoms with Crippen molar-refractivity contribution in [1.82, 2.24) is 0 Å². The lowest BCUT2D eigenvalue weighted by Gasteiger charge is -2.41. The molecule has 0 fully saturated rings. The van der Waals surface area contributed by atoms with Crippen molar-refractivity contribution >= 4 is 17.1 Å². The van der Waals surface area contributed by atoms with Crippen LogP contribution in [0.5, 0.6) is 11.5 Å². The first-order valence-corrected chi connectivity index (χ1v) is 18.9. The van der Waals surface area contributed by atoms with Gasteiger partial charge in [-0.1, -0.05) is 153 Å². The second kappa shape index (κ2) is 11.4. The molecule has 1 unspecified atom stereocenters. The highest BCUT2D eigenvalue weighted by molar-refractivity contribution is 5.94. The van der Waals surface area contributed by atoms with Gasteiger partial charge in [-0.25, -0.2) is 0 Å². The highest BCUT2D eigenvalue weighted by Gasteiger charge is 2.52. The van der Waals surface area contributed by atoms with Crippen LogP contribution in [0.2, 0.25) is 0 Å². The van der Waals surface area contributed by atoms with E-state index in [1.165, 1.54) is 61.2 Å². The fourth-order valence-electron chi connectivity index (χ4n) is 9.80. The molecule has 11 rings (SSSR count). The van der Waals surface area contributed by atoms with Gasteiger partial charge in [-0.3, -0.25) is 0 Å². The van der Waals surface area contributed by atoms with Gasteiger partial charge in [-0.15, -0.1) is 0 Å². The van der Waals surface area contributed by atoms with Crippen molar-refractivity contribution in [1.29, 1.82) is 0 Å². The van der Waals surface area contributed by atoms with Crippen molar-refractivity contribution in [2.75, 3.05) is 4.90 Å². The quantitative estimate of drug-likeness (QED) is 0.182. The Labute approximate surface area is 316 Å². The number of rotatable bonds is 4. The molecule has 8 aromatic carbocycles. The molecule has 1 atom stereocenters. The van der Waals surface area contributed by atoms with E-state index in [4.69, 9.17) is 4.74 Å². The monoisotopic (exact) mass is 691 g/mol. The number of benzene rings is 8. The summed E-state index contributed by atoms with van der Waals surface area (Å²) < 4.78 is 6.85. The zero-order chi connectivity index (χ0) is 36.0. The Hall–Kier alpha value is -6.64. The Balaban J connectivity index is 1.20. The zero-order valence-corrected chi connectivity index (χ0v) is 30.3. The Morgan fingerprint density at radius 1 is 0.370 bits per heavy atom. The van der Waals surface area contributed by atoms with E-state index in [0.717, 1.165) is 34.1 Å². The van der Waals surface area contributed by atoms with Crippen LogP contribution in [0.3, 0.4) is 0 Å². The zero-order valence-electron chi connectivity index (χ0n) is 30.3. The van der Waals surface area contributed by atoms with Gasteiger partial charge in [0.05, 0.1) is 5.41 Å². The predicted octanol–water partition coefficient (Wildman–Crippen LogP) is 13.6. The number of hydrogen-bond donors (Lipinski definition) is 0. The summed E-state index contributed by atoms with van der Waals surface area (Å²) >= 11 is 0. The summed E-state index contributed by atoms with van der Waals surface area (Å²) in [5, 5.41) is 0. The number of ether oxygens (including phenoxy) is 1. The van der Waals surface area contributed by atoms with Gasteiger partial charge in [-0.05, 0) is 104 Å². The van der Waals surface area contributed by atoms with Gasteiger partial charge in [0.1, 0.15) is 11.5 Å². The van der Waals surface area contributed by atoms with Crippen LogP contribution in [-0.4, -0.2) is 0 Å². The van der Waals surface area contributed by atoms with Crippen molar-refractivity contribution in [2.45, 2.75) is 24.7 Å². The van der Waals surface area contributed by atoms with Crippen LogP contribution < -0.4 is 9.64 Å². The minimum absolute atomic E-state index is 0.114. The van der Waals surface area contributed by atoms with Crippen LogP contribution in [-0.2, 0) is 10.8 Å². The van der Waals surface area contributed by atoms with Crippen LogP contribution in [0.25, 0.3) is 33.4 Å². The fourth-order valence-corrected chi connectivity index (χ4v) is 9.80. The molecule has 54 heavy (non-hydrogen) atoms. The third kappa shape index (κ3) is 4.17. The highest BCUT2D eigenvalue weighted by Crippen LogP contribution is 2.64. The molecule has 1 aliphatic heterocycles. The molecule has 0 radical (unpaired) electrons. The molecule has 3 aliphatic rings. The van der Waals surface area contributed by atoms with Crippen LogP contribution >= 0.6 is 0 Å². The molecule has 256 valence electrons. The second-order valence-electron chi connectivity index (χ2n) is 15.2. The third-order valence-corrected chi connectivity index (χ3v) is 12.1. The lowest BCUT2D eigenvalue weighted by molar-refractivity contribution is 0.437. The summed E-state index contributed by atoms with van der Waals surface area (Å²) in [6.45, 7) is 4.71. The highest BCUT2D eigenvalue weighted by atomic mass is 16.5. The van der Waals surface area contributed by atoms with Crippen molar-refractivity contribution in [3.8, 4) is 44.9 Å². The molecule has 1 spiro atoms. The minimum Gasteiger partial charge on any atom is -0.457 e. The van der Waals surface area contributed by atoms with Crippen molar-refractivity contribution < 1.29 is 4.74 Å². The molecular formula is C52H37NO. The summed E-state index contributed by atoms with van der Waals surface area (Å²) in [5.74, 6) is 1.78. The van der Waals surface area contributed by atoms with Gasteiger partial charge in [0.15, 0.2) is 0 Å². The summed E-state index contributed by atoms with van der Waals surface area (Å²) in [4.78, 5) is 2.44. The number of nitrogens with zero attached hydrogens (tertiary/aromatic N) is 1. The summed E-state index contributed by atoms with van der Waals surface area (Å²) in [6, 6.07) is 68.8. The average molecular weight is 692 g/mol. The molecule has 8 aromatic rings. The maximum atomic E-state index is 6.85. The van der Waals surface area contributed by atoms with Crippen molar-refractivity contribution in [3.05, 3.63) is 221 Å². The van der Waals surface area contributed by atoms with Gasteiger partial charge in [0.25, 0.3) is 0 Å². The van der Waals surface area contributed by atoms with Crippen LogP contribution in [0.4, 0.5) is 17.1 Å². The van der Waals surface area contributed by atoms with Crippen molar-refractivity contribution in [3.63, 3.8) is 0 Å². The number of para-hydroxylation sites is 2. The predicted molar refractivity (Wildman–Crippen MR) is 222 cm³/mol. The van der Waals surface area contributed by atoms with E-state index >= 15 is 0 Å². The Morgan fingerprint density at radius 3 is 1.63 bits per heavy atom. The Morgan fingerprint density at radius 2 is 0.889 bits per heavy atom. The lowest BCUT2D eigenvalue weighted by atomic mass is 9.64. The molecule has 0 amide bonds. The summed E-state index contributed by atoms with van der Waals surface area (Å²) in [7, 11) is 0. The molecule has 0 N–H and O–H groups in total. The topological polar surface area (TPSA) is 12.5 Å². The van der Waals surface area contributed by atoms with Crippen LogP contribution in [0, 0.1) is 0 Å². The van der Waals surface area contributed by atoms with E-state index < -0.39 is 5.41 Å². The van der Waals surface area contributed by atoms with Crippen LogP contribution in [0.1, 0.15) is 47.2 Å². The van der Waals surface area contributed by atoms with Crippen molar-refractivity contribution in [2.24, 2.45) is 0 Å². The molecule has 2 heteroatoms. The van der Waals surface area contributed by atoms with Gasteiger partial charge in [-0.2, -0.15) is 0 Å². The van der Waals surface area contributed by atoms with Gasteiger partial charge < -0.3 is 9.64 Å². The maximum absolute atomic E-state index is 6.85. The third-order valence-electron chi connectivity index (χ3n) is 12.1. The second-order valence-corrected chi connectivity index (χ2v) is 15.2. The smallest absolute Gasteiger partial charge is 0.132 e. The molecule has 0 saturated heterocycles. The first-order valence-electron chi connectivity index (χ1n) is 18.9. The Bertz CT molecular complexity index is 2780. The fraction of sp³-hybridized carbons (Fsp3) is 0.0769.